The van der Waals surface area contributed by atoms with Crippen molar-refractivity contribution in [3.05, 3.63) is 18.0 Å². The van der Waals surface area contributed by atoms with E-state index in [1.165, 1.54) is 11.2 Å². The van der Waals surface area contributed by atoms with Gasteiger partial charge in [0, 0.05) is 12.6 Å². The number of nitrogens with one attached hydrogen (secondary N) is 1. The van der Waals surface area contributed by atoms with Crippen LogP contribution in [0.2, 0.25) is 0 Å². The van der Waals surface area contributed by atoms with E-state index in [4.69, 9.17) is 5.11 Å². The smallest absolute Gasteiger partial charge is 0.318 e. The fourth-order valence-electron chi connectivity index (χ4n) is 2.12. The van der Waals surface area contributed by atoms with E-state index in [-0.39, 0.29) is 24.6 Å². The molecule has 1 aromatic heterocycles. The first-order chi connectivity index (χ1) is 9.87. The zero-order valence-corrected chi connectivity index (χ0v) is 11.9. The third-order valence-electron chi connectivity index (χ3n) is 3.11. The second-order valence-electron chi connectivity index (χ2n) is 4.71. The summed E-state index contributed by atoms with van der Waals surface area (Å²) in [4.78, 5) is 24.1. The normalized spacial score (nSPS) is 21.0. The molecule has 10 heteroatoms. The standard InChI is InChI=1S/C11H15N3O6S/c15-10(16)5-9-7-21(18,19)4-2-14(9)11(17)12-6-8-1-3-20-13-8/h1,3,9H,2,4-7H2,(H,12,17)(H,15,16). The molecule has 1 atom stereocenters. The van der Waals surface area contributed by atoms with Gasteiger partial charge in [0.1, 0.15) is 12.0 Å². The number of amides is 2. The van der Waals surface area contributed by atoms with E-state index in [2.05, 4.69) is 15.0 Å². The van der Waals surface area contributed by atoms with Gasteiger partial charge in [0.05, 0.1) is 30.5 Å². The molecule has 0 radical (unpaired) electrons. The summed E-state index contributed by atoms with van der Waals surface area (Å²) >= 11 is 0. The van der Waals surface area contributed by atoms with Gasteiger partial charge in [-0.25, -0.2) is 13.2 Å². The number of carbonyl (C=O) groups is 2. The van der Waals surface area contributed by atoms with Crippen molar-refractivity contribution in [1.29, 1.82) is 0 Å². The highest BCUT2D eigenvalue weighted by molar-refractivity contribution is 7.91. The summed E-state index contributed by atoms with van der Waals surface area (Å²) in [5.74, 6) is -1.65. The maximum Gasteiger partial charge on any atom is 0.318 e. The minimum Gasteiger partial charge on any atom is -0.481 e. The van der Waals surface area contributed by atoms with Crippen LogP contribution in [0.15, 0.2) is 16.9 Å². The van der Waals surface area contributed by atoms with Crippen LogP contribution in [0.4, 0.5) is 4.79 Å². The summed E-state index contributed by atoms with van der Waals surface area (Å²) in [7, 11) is -3.31. The molecule has 9 nitrogen and oxygen atoms in total. The van der Waals surface area contributed by atoms with E-state index in [9.17, 15) is 18.0 Å². The third kappa shape index (κ3) is 4.18. The minimum atomic E-state index is -3.31. The van der Waals surface area contributed by atoms with Crippen molar-refractivity contribution in [2.45, 2.75) is 19.0 Å². The van der Waals surface area contributed by atoms with Crippen molar-refractivity contribution >= 4 is 21.8 Å². The van der Waals surface area contributed by atoms with Crippen molar-refractivity contribution in [3.63, 3.8) is 0 Å². The van der Waals surface area contributed by atoms with Gasteiger partial charge >= 0.3 is 12.0 Å². The van der Waals surface area contributed by atoms with E-state index >= 15 is 0 Å². The Labute approximate surface area is 120 Å². The number of sulfone groups is 1. The lowest BCUT2D eigenvalue weighted by atomic mass is 10.2. The molecule has 1 unspecified atom stereocenters. The molecular weight excluding hydrogens is 302 g/mol. The van der Waals surface area contributed by atoms with Crippen LogP contribution in [-0.4, -0.2) is 59.7 Å². The van der Waals surface area contributed by atoms with Crippen molar-refractivity contribution in [3.8, 4) is 0 Å². The van der Waals surface area contributed by atoms with Gasteiger partial charge in [0.2, 0.25) is 0 Å². The molecule has 0 saturated carbocycles. The van der Waals surface area contributed by atoms with Crippen LogP contribution in [-0.2, 0) is 21.2 Å². The lowest BCUT2D eigenvalue weighted by Crippen LogP contribution is -2.54. The zero-order valence-electron chi connectivity index (χ0n) is 11.1. The highest BCUT2D eigenvalue weighted by Gasteiger charge is 2.35. The third-order valence-corrected chi connectivity index (χ3v) is 4.81. The van der Waals surface area contributed by atoms with E-state index in [1.54, 1.807) is 6.07 Å². The summed E-state index contributed by atoms with van der Waals surface area (Å²) < 4.78 is 27.8. The monoisotopic (exact) mass is 317 g/mol. The highest BCUT2D eigenvalue weighted by Crippen LogP contribution is 2.15. The van der Waals surface area contributed by atoms with Gasteiger partial charge in [-0.1, -0.05) is 5.16 Å². The van der Waals surface area contributed by atoms with Gasteiger partial charge in [-0.15, -0.1) is 0 Å². The summed E-state index contributed by atoms with van der Waals surface area (Å²) in [5.41, 5.74) is 0.516. The number of hydrogen-bond acceptors (Lipinski definition) is 6. The fraction of sp³-hybridized carbons (Fsp3) is 0.545. The number of carboxylic acids is 1. The molecule has 0 spiro atoms. The van der Waals surface area contributed by atoms with Crippen LogP contribution < -0.4 is 5.32 Å². The van der Waals surface area contributed by atoms with Crippen LogP contribution >= 0.6 is 0 Å². The Balaban J connectivity index is 2.01. The Hall–Kier alpha value is -2.10. The number of rotatable bonds is 4. The molecule has 116 valence electrons. The zero-order chi connectivity index (χ0) is 15.5. The maximum absolute atomic E-state index is 12.1. The van der Waals surface area contributed by atoms with E-state index in [1.807, 2.05) is 0 Å². The first-order valence-electron chi connectivity index (χ1n) is 6.23. The maximum atomic E-state index is 12.1. The second kappa shape index (κ2) is 6.12. The number of nitrogens with zero attached hydrogens (tertiary/aromatic N) is 2. The number of urea groups is 1. The topological polar surface area (TPSA) is 130 Å². The van der Waals surface area contributed by atoms with Gasteiger partial charge in [0.15, 0.2) is 9.84 Å². The van der Waals surface area contributed by atoms with Crippen LogP contribution in [0.1, 0.15) is 12.1 Å². The lowest BCUT2D eigenvalue weighted by molar-refractivity contribution is -0.138. The van der Waals surface area contributed by atoms with E-state index < -0.39 is 34.3 Å². The van der Waals surface area contributed by atoms with E-state index in [0.717, 1.165) is 0 Å². The Bertz CT molecular complexity index is 612. The Morgan fingerprint density at radius 3 is 2.90 bits per heavy atom. The largest absolute Gasteiger partial charge is 0.481 e. The van der Waals surface area contributed by atoms with E-state index in [0.29, 0.717) is 5.69 Å². The summed E-state index contributed by atoms with van der Waals surface area (Å²) in [6.45, 7) is 0.100. The quantitative estimate of drug-likeness (QED) is 0.762. The second-order valence-corrected chi connectivity index (χ2v) is 6.94. The van der Waals surface area contributed by atoms with Gasteiger partial charge in [-0.3, -0.25) is 4.79 Å². The summed E-state index contributed by atoms with van der Waals surface area (Å²) in [5, 5.41) is 15.0. The molecule has 1 saturated heterocycles. The Morgan fingerprint density at radius 1 is 1.52 bits per heavy atom. The van der Waals surface area contributed by atoms with Gasteiger partial charge in [-0.2, -0.15) is 0 Å². The Morgan fingerprint density at radius 2 is 2.29 bits per heavy atom. The van der Waals surface area contributed by atoms with Gasteiger partial charge in [-0.05, 0) is 0 Å². The number of hydrogen-bond donors (Lipinski definition) is 2. The summed E-state index contributed by atoms with van der Waals surface area (Å²) in [6.07, 6.45) is 0.957. The molecule has 1 aliphatic heterocycles. The van der Waals surface area contributed by atoms with Crippen molar-refractivity contribution in [2.75, 3.05) is 18.1 Å². The van der Waals surface area contributed by atoms with Crippen LogP contribution in [0.3, 0.4) is 0 Å². The molecule has 2 amide bonds. The van der Waals surface area contributed by atoms with Gasteiger partial charge < -0.3 is 19.8 Å². The number of aromatic nitrogens is 1. The van der Waals surface area contributed by atoms with Crippen molar-refractivity contribution in [2.24, 2.45) is 0 Å². The summed E-state index contributed by atoms with van der Waals surface area (Å²) in [6, 6.07) is 0.202. The van der Waals surface area contributed by atoms with Crippen LogP contribution in [0.25, 0.3) is 0 Å². The predicted molar refractivity (Wildman–Crippen MR) is 70.1 cm³/mol. The number of carboxylic acid groups (broad SMARTS) is 1. The average Bonchev–Trinajstić information content (AvgIpc) is 2.87. The molecule has 0 aromatic carbocycles. The fourth-order valence-corrected chi connectivity index (χ4v) is 3.65. The molecule has 0 bridgehead atoms. The molecular formula is C11H15N3O6S. The molecule has 1 aromatic rings. The molecule has 2 heterocycles. The van der Waals surface area contributed by atoms with Crippen LogP contribution in [0.5, 0.6) is 0 Å². The molecule has 1 aliphatic rings. The first-order valence-corrected chi connectivity index (χ1v) is 8.05. The molecule has 2 N–H and O–H groups in total. The first kappa shape index (κ1) is 15.3. The highest BCUT2D eigenvalue weighted by atomic mass is 32.2. The SMILES string of the molecule is O=C(O)CC1CS(=O)(=O)CCN1C(=O)NCc1ccon1. The lowest BCUT2D eigenvalue weighted by Gasteiger charge is -2.34. The number of aliphatic carboxylic acids is 1. The van der Waals surface area contributed by atoms with Crippen molar-refractivity contribution < 1.29 is 27.6 Å². The van der Waals surface area contributed by atoms with Gasteiger partial charge in [0.25, 0.3) is 0 Å². The predicted octanol–water partition coefficient (Wildman–Crippen LogP) is -0.542. The average molecular weight is 317 g/mol. The molecule has 0 aliphatic carbocycles. The molecule has 2 rings (SSSR count). The Kier molecular flexibility index (Phi) is 4.46. The molecule has 1 fully saturated rings. The number of carbonyl (C=O) groups excluding carboxylic acids is 1. The van der Waals surface area contributed by atoms with Crippen molar-refractivity contribution in [1.82, 2.24) is 15.4 Å². The minimum absolute atomic E-state index is 0.0229. The molecule has 21 heavy (non-hydrogen) atoms. The van der Waals surface area contributed by atoms with Crippen LogP contribution in [0, 0.1) is 0 Å².